The summed E-state index contributed by atoms with van der Waals surface area (Å²) in [6.45, 7) is 2.38. The van der Waals surface area contributed by atoms with Crippen LogP contribution in [0.5, 0.6) is 0 Å². The van der Waals surface area contributed by atoms with Crippen LogP contribution in [0.25, 0.3) is 0 Å². The van der Waals surface area contributed by atoms with Crippen molar-refractivity contribution in [1.82, 2.24) is 0 Å². The quantitative estimate of drug-likeness (QED) is 0.649. The molecule has 0 aliphatic rings. The topological polar surface area (TPSA) is 46.5 Å². The van der Waals surface area contributed by atoms with E-state index in [0.29, 0.717) is 6.61 Å². The lowest BCUT2D eigenvalue weighted by Gasteiger charge is -1.83. The molecule has 1 unspecified atom stereocenters. The molecule has 2 aromatic rings. The summed E-state index contributed by atoms with van der Waals surface area (Å²) in [4.78, 5) is 8.07. The molecule has 0 saturated heterocycles. The summed E-state index contributed by atoms with van der Waals surface area (Å²) in [5, 5.41) is 0. The predicted molar refractivity (Wildman–Crippen MR) is 83.6 cm³/mol. The molecule has 108 valence electrons. The van der Waals surface area contributed by atoms with Gasteiger partial charge in [-0.05, 0) is 6.42 Å². The van der Waals surface area contributed by atoms with Gasteiger partial charge in [-0.3, -0.25) is 0 Å². The van der Waals surface area contributed by atoms with Crippen LogP contribution in [0.4, 0.5) is 0 Å². The van der Waals surface area contributed by atoms with Crippen molar-refractivity contribution < 1.29 is 14.0 Å². The van der Waals surface area contributed by atoms with E-state index < -0.39 is 8.25 Å². The van der Waals surface area contributed by atoms with Crippen LogP contribution in [0.3, 0.4) is 0 Å². The molecule has 0 amide bonds. The van der Waals surface area contributed by atoms with Crippen molar-refractivity contribution in [3.63, 3.8) is 0 Å². The zero-order chi connectivity index (χ0) is 14.9. The van der Waals surface area contributed by atoms with Gasteiger partial charge in [0.2, 0.25) is 0 Å². The van der Waals surface area contributed by atoms with Crippen LogP contribution < -0.4 is 0 Å². The Kier molecular flexibility index (Phi) is 14.3. The maximum Gasteiger partial charge on any atom is 0.694 e. The van der Waals surface area contributed by atoms with Crippen molar-refractivity contribution in [2.75, 3.05) is 6.61 Å². The highest BCUT2D eigenvalue weighted by molar-refractivity contribution is 7.32. The van der Waals surface area contributed by atoms with Crippen LogP contribution in [0.1, 0.15) is 19.8 Å². The molecule has 0 bridgehead atoms. The molecule has 0 saturated carbocycles. The molecule has 0 fully saturated rings. The van der Waals surface area contributed by atoms with Gasteiger partial charge in [0.1, 0.15) is 6.61 Å². The van der Waals surface area contributed by atoms with E-state index in [2.05, 4.69) is 4.52 Å². The third-order valence-electron chi connectivity index (χ3n) is 2.03. The van der Waals surface area contributed by atoms with E-state index >= 15 is 0 Å². The molecule has 0 radical (unpaired) electrons. The molecular formula is C16H22O3P+. The Labute approximate surface area is 122 Å². The first-order chi connectivity index (χ1) is 9.77. The molecule has 2 rings (SSSR count). The Balaban J connectivity index is 0.000000274. The summed E-state index contributed by atoms with van der Waals surface area (Å²) in [6, 6.07) is 24.0. The maximum absolute atomic E-state index is 9.80. The first-order valence-electron chi connectivity index (χ1n) is 6.56. The molecule has 4 heteroatoms. The molecule has 1 N–H and O–H groups in total. The Hall–Kier alpha value is -1.54. The molecule has 0 aliphatic carbocycles. The number of unbranched alkanes of at least 4 members (excludes halogenated alkanes) is 1. The first-order valence-corrected chi connectivity index (χ1v) is 7.69. The van der Waals surface area contributed by atoms with Gasteiger partial charge in [-0.25, -0.2) is 0 Å². The van der Waals surface area contributed by atoms with Gasteiger partial charge in [0.25, 0.3) is 0 Å². The third-order valence-corrected chi connectivity index (χ3v) is 2.44. The fourth-order valence-electron chi connectivity index (χ4n) is 1.06. The summed E-state index contributed by atoms with van der Waals surface area (Å²) in [7, 11) is -2.36. The minimum atomic E-state index is -2.36. The van der Waals surface area contributed by atoms with Crippen LogP contribution in [0.2, 0.25) is 0 Å². The second-order valence-corrected chi connectivity index (χ2v) is 4.47. The van der Waals surface area contributed by atoms with Gasteiger partial charge >= 0.3 is 8.25 Å². The van der Waals surface area contributed by atoms with Crippen LogP contribution in [0, 0.1) is 0 Å². The van der Waals surface area contributed by atoms with Gasteiger partial charge in [-0.1, -0.05) is 86.1 Å². The largest absolute Gasteiger partial charge is 0.694 e. The van der Waals surface area contributed by atoms with Crippen molar-refractivity contribution in [3.8, 4) is 0 Å². The van der Waals surface area contributed by atoms with Gasteiger partial charge < -0.3 is 0 Å². The fourth-order valence-corrected chi connectivity index (χ4v) is 1.34. The van der Waals surface area contributed by atoms with Crippen LogP contribution in [-0.4, -0.2) is 11.5 Å². The lowest BCUT2D eigenvalue weighted by Crippen LogP contribution is -1.82. The number of hydrogen-bond donors (Lipinski definition) is 1. The van der Waals surface area contributed by atoms with Crippen molar-refractivity contribution in [2.45, 2.75) is 19.8 Å². The van der Waals surface area contributed by atoms with Crippen molar-refractivity contribution in [1.29, 1.82) is 0 Å². The number of hydrogen-bond acceptors (Lipinski definition) is 2. The Morgan fingerprint density at radius 3 is 1.30 bits per heavy atom. The molecule has 0 heterocycles. The highest BCUT2D eigenvalue weighted by Crippen LogP contribution is 2.14. The SMILES string of the molecule is CCCCO[P+](=O)O.c1ccccc1.c1ccccc1. The Morgan fingerprint density at radius 2 is 1.10 bits per heavy atom. The van der Waals surface area contributed by atoms with Crippen LogP contribution >= 0.6 is 8.25 Å². The Morgan fingerprint density at radius 1 is 0.800 bits per heavy atom. The maximum atomic E-state index is 9.80. The molecular weight excluding hydrogens is 271 g/mol. The fraction of sp³-hybridized carbons (Fsp3) is 0.250. The summed E-state index contributed by atoms with van der Waals surface area (Å²) >= 11 is 0. The van der Waals surface area contributed by atoms with Gasteiger partial charge in [-0.2, -0.15) is 0 Å². The normalized spacial score (nSPS) is 9.40. The molecule has 0 aromatic heterocycles. The van der Waals surface area contributed by atoms with Gasteiger partial charge in [0, 0.05) is 4.57 Å². The summed E-state index contributed by atoms with van der Waals surface area (Å²) in [5.41, 5.74) is 0. The summed E-state index contributed by atoms with van der Waals surface area (Å²) in [5.74, 6) is 0. The van der Waals surface area contributed by atoms with E-state index in [4.69, 9.17) is 4.89 Å². The highest BCUT2D eigenvalue weighted by Gasteiger charge is 2.08. The van der Waals surface area contributed by atoms with Crippen molar-refractivity contribution >= 4 is 8.25 Å². The van der Waals surface area contributed by atoms with Gasteiger partial charge in [0.15, 0.2) is 0 Å². The molecule has 2 aromatic carbocycles. The van der Waals surface area contributed by atoms with E-state index in [1.54, 1.807) is 0 Å². The van der Waals surface area contributed by atoms with Crippen LogP contribution in [0.15, 0.2) is 72.8 Å². The molecule has 1 atom stereocenters. The van der Waals surface area contributed by atoms with E-state index in [-0.39, 0.29) is 0 Å². The standard InChI is InChI=1S/2C6H6.C4H9O3P/c2*1-2-4-6-5-3-1;1-2-3-4-7-8(5)6/h2*1-6H;2-4H2,1H3/p+1. The average Bonchev–Trinajstić information content (AvgIpc) is 2.52. The lowest BCUT2D eigenvalue weighted by molar-refractivity contribution is 0.276. The van der Waals surface area contributed by atoms with Crippen molar-refractivity contribution in [3.05, 3.63) is 72.8 Å². The zero-order valence-electron chi connectivity index (χ0n) is 11.8. The van der Waals surface area contributed by atoms with E-state index in [1.165, 1.54) is 0 Å². The molecule has 0 spiro atoms. The zero-order valence-corrected chi connectivity index (χ0v) is 12.7. The molecule has 20 heavy (non-hydrogen) atoms. The van der Waals surface area contributed by atoms with Crippen molar-refractivity contribution in [2.24, 2.45) is 0 Å². The Bertz CT molecular complexity index is 322. The average molecular weight is 293 g/mol. The van der Waals surface area contributed by atoms with Crippen LogP contribution in [-0.2, 0) is 9.09 Å². The number of rotatable bonds is 4. The van der Waals surface area contributed by atoms with E-state index in [1.807, 2.05) is 79.7 Å². The van der Waals surface area contributed by atoms with Gasteiger partial charge in [-0.15, -0.1) is 9.42 Å². The van der Waals surface area contributed by atoms with Gasteiger partial charge in [0.05, 0.1) is 0 Å². The first kappa shape index (κ1) is 18.5. The van der Waals surface area contributed by atoms with E-state index in [0.717, 1.165) is 12.8 Å². The second-order valence-electron chi connectivity index (χ2n) is 3.73. The minimum Gasteiger partial charge on any atom is -0.133 e. The highest BCUT2D eigenvalue weighted by atomic mass is 31.1. The second kappa shape index (κ2) is 15.5. The minimum absolute atomic E-state index is 0.391. The molecule has 3 nitrogen and oxygen atoms in total. The lowest BCUT2D eigenvalue weighted by atomic mass is 10.4. The third kappa shape index (κ3) is 16.5. The summed E-state index contributed by atoms with van der Waals surface area (Å²) in [6.07, 6.45) is 1.84. The predicted octanol–water partition coefficient (Wildman–Crippen LogP) is 4.83. The summed E-state index contributed by atoms with van der Waals surface area (Å²) < 4.78 is 14.1. The monoisotopic (exact) mass is 293 g/mol. The molecule has 0 aliphatic heterocycles. The smallest absolute Gasteiger partial charge is 0.133 e. The number of benzene rings is 2. The van der Waals surface area contributed by atoms with E-state index in [9.17, 15) is 4.57 Å².